The van der Waals surface area contributed by atoms with Crippen molar-refractivity contribution in [3.63, 3.8) is 0 Å². The summed E-state index contributed by atoms with van der Waals surface area (Å²) in [6, 6.07) is 11.0. The molecule has 5 nitrogen and oxygen atoms in total. The molecule has 0 bridgehead atoms. The quantitative estimate of drug-likeness (QED) is 0.644. The van der Waals surface area contributed by atoms with Gasteiger partial charge in [0, 0.05) is 23.3 Å². The number of H-pyrrole nitrogens is 1. The molecule has 3 aromatic rings. The summed E-state index contributed by atoms with van der Waals surface area (Å²) in [5.41, 5.74) is 15.0. The number of aromatic nitrogens is 1. The van der Waals surface area contributed by atoms with Crippen LogP contribution in [0.5, 0.6) is 5.75 Å². The maximum atomic E-state index is 11.5. The summed E-state index contributed by atoms with van der Waals surface area (Å²) in [5, 5.41) is 0.916. The number of benzene rings is 2. The van der Waals surface area contributed by atoms with Crippen LogP contribution in [0.25, 0.3) is 22.0 Å². The number of primary amides is 1. The highest BCUT2D eigenvalue weighted by atomic mass is 16.5. The first kappa shape index (κ1) is 13.1. The zero-order valence-corrected chi connectivity index (χ0v) is 11.5. The first-order chi connectivity index (χ1) is 10.1. The fraction of sp³-hybridized carbons (Fsp3) is 0.0625. The zero-order chi connectivity index (χ0) is 15.0. The van der Waals surface area contributed by atoms with Gasteiger partial charge < -0.3 is 21.2 Å². The Morgan fingerprint density at radius 1 is 1.19 bits per heavy atom. The third-order valence-corrected chi connectivity index (χ3v) is 3.46. The van der Waals surface area contributed by atoms with Gasteiger partial charge in [-0.25, -0.2) is 0 Å². The van der Waals surface area contributed by atoms with E-state index in [1.165, 1.54) is 0 Å². The number of hydrogen-bond acceptors (Lipinski definition) is 3. The third kappa shape index (κ3) is 2.18. The van der Waals surface area contributed by atoms with Crippen LogP contribution in [0, 0.1) is 0 Å². The number of nitrogens with one attached hydrogen (secondary N) is 1. The van der Waals surface area contributed by atoms with Crippen LogP contribution in [0.15, 0.2) is 42.6 Å². The van der Waals surface area contributed by atoms with Gasteiger partial charge in [0.1, 0.15) is 5.75 Å². The molecule has 0 aliphatic carbocycles. The number of nitrogen functional groups attached to an aromatic ring is 1. The van der Waals surface area contributed by atoms with E-state index in [2.05, 4.69) is 4.98 Å². The van der Waals surface area contributed by atoms with E-state index in [1.54, 1.807) is 25.4 Å². The second-order valence-corrected chi connectivity index (χ2v) is 4.79. The van der Waals surface area contributed by atoms with Gasteiger partial charge in [0.2, 0.25) is 0 Å². The Morgan fingerprint density at radius 3 is 2.71 bits per heavy atom. The Hall–Kier alpha value is -2.95. The standard InChI is InChI=1S/C16H15N3O2/c1-21-11-7-9(6-10(17)8-11)12-2-3-14(16(18)20)15-13(12)4-5-19-15/h2-8,19H,17H2,1H3,(H2,18,20). The maximum Gasteiger partial charge on any atom is 0.250 e. The number of aromatic amines is 1. The molecular formula is C16H15N3O2. The molecule has 0 radical (unpaired) electrons. The molecule has 21 heavy (non-hydrogen) atoms. The molecule has 3 rings (SSSR count). The van der Waals surface area contributed by atoms with Gasteiger partial charge in [0.15, 0.2) is 0 Å². The molecular weight excluding hydrogens is 266 g/mol. The highest BCUT2D eigenvalue weighted by Crippen LogP contribution is 2.33. The Kier molecular flexibility index (Phi) is 3.02. The van der Waals surface area contributed by atoms with Crippen LogP contribution in [0.1, 0.15) is 10.4 Å². The first-order valence-corrected chi connectivity index (χ1v) is 6.45. The van der Waals surface area contributed by atoms with Crippen molar-refractivity contribution in [2.45, 2.75) is 0 Å². The van der Waals surface area contributed by atoms with E-state index in [1.807, 2.05) is 24.3 Å². The summed E-state index contributed by atoms with van der Waals surface area (Å²) in [7, 11) is 1.60. The van der Waals surface area contributed by atoms with Crippen LogP contribution in [-0.2, 0) is 0 Å². The summed E-state index contributed by atoms with van der Waals surface area (Å²) in [4.78, 5) is 14.5. The smallest absolute Gasteiger partial charge is 0.250 e. The number of fused-ring (bicyclic) bond motifs is 1. The molecule has 0 spiro atoms. The van der Waals surface area contributed by atoms with Gasteiger partial charge in [-0.05, 0) is 35.4 Å². The Balaban J connectivity index is 2.27. The maximum absolute atomic E-state index is 11.5. The fourth-order valence-electron chi connectivity index (χ4n) is 2.51. The van der Waals surface area contributed by atoms with E-state index in [4.69, 9.17) is 16.2 Å². The molecule has 2 aromatic carbocycles. The van der Waals surface area contributed by atoms with Crippen molar-refractivity contribution < 1.29 is 9.53 Å². The second kappa shape index (κ2) is 4.86. The highest BCUT2D eigenvalue weighted by Gasteiger charge is 2.13. The number of nitrogens with two attached hydrogens (primary N) is 2. The average Bonchev–Trinajstić information content (AvgIpc) is 2.94. The summed E-state index contributed by atoms with van der Waals surface area (Å²) in [6.45, 7) is 0. The zero-order valence-electron chi connectivity index (χ0n) is 11.5. The molecule has 1 heterocycles. The lowest BCUT2D eigenvalue weighted by atomic mass is 9.98. The minimum Gasteiger partial charge on any atom is -0.497 e. The number of anilines is 1. The van der Waals surface area contributed by atoms with E-state index in [0.717, 1.165) is 22.0 Å². The van der Waals surface area contributed by atoms with Crippen molar-refractivity contribution in [2.75, 3.05) is 12.8 Å². The molecule has 0 saturated carbocycles. The van der Waals surface area contributed by atoms with Crippen LogP contribution in [0.2, 0.25) is 0 Å². The molecule has 0 fully saturated rings. The minimum atomic E-state index is -0.459. The van der Waals surface area contributed by atoms with Crippen molar-refractivity contribution in [1.29, 1.82) is 0 Å². The molecule has 0 aliphatic heterocycles. The van der Waals surface area contributed by atoms with Gasteiger partial charge in [-0.2, -0.15) is 0 Å². The Morgan fingerprint density at radius 2 is 2.00 bits per heavy atom. The van der Waals surface area contributed by atoms with Gasteiger partial charge in [-0.3, -0.25) is 4.79 Å². The fourth-order valence-corrected chi connectivity index (χ4v) is 2.51. The van der Waals surface area contributed by atoms with E-state index in [-0.39, 0.29) is 0 Å². The van der Waals surface area contributed by atoms with Crippen molar-refractivity contribution in [3.8, 4) is 16.9 Å². The van der Waals surface area contributed by atoms with Crippen LogP contribution < -0.4 is 16.2 Å². The highest BCUT2D eigenvalue weighted by molar-refractivity contribution is 6.09. The first-order valence-electron chi connectivity index (χ1n) is 6.45. The normalized spacial score (nSPS) is 10.7. The third-order valence-electron chi connectivity index (χ3n) is 3.46. The number of rotatable bonds is 3. The van der Waals surface area contributed by atoms with E-state index < -0.39 is 5.91 Å². The van der Waals surface area contributed by atoms with Crippen molar-refractivity contribution >= 4 is 22.5 Å². The number of carbonyl (C=O) groups is 1. The van der Waals surface area contributed by atoms with Crippen LogP contribution in [-0.4, -0.2) is 18.0 Å². The number of amides is 1. The predicted octanol–water partition coefficient (Wildman–Crippen LogP) is 2.52. The molecule has 5 N–H and O–H groups in total. The van der Waals surface area contributed by atoms with Crippen molar-refractivity contribution in [2.24, 2.45) is 5.73 Å². The van der Waals surface area contributed by atoms with Gasteiger partial charge in [0.25, 0.3) is 5.91 Å². The van der Waals surface area contributed by atoms with Crippen LogP contribution >= 0.6 is 0 Å². The van der Waals surface area contributed by atoms with Crippen molar-refractivity contribution in [1.82, 2.24) is 4.98 Å². The molecule has 0 aliphatic rings. The molecule has 5 heteroatoms. The van der Waals surface area contributed by atoms with Gasteiger partial charge in [0.05, 0.1) is 18.2 Å². The number of methoxy groups -OCH3 is 1. The van der Waals surface area contributed by atoms with E-state index in [0.29, 0.717) is 17.0 Å². The SMILES string of the molecule is COc1cc(N)cc(-c2ccc(C(N)=O)c3[nH]ccc23)c1. The number of hydrogen-bond donors (Lipinski definition) is 3. The Labute approximate surface area is 121 Å². The average molecular weight is 281 g/mol. The molecule has 106 valence electrons. The number of ether oxygens (including phenoxy) is 1. The van der Waals surface area contributed by atoms with Crippen LogP contribution in [0.4, 0.5) is 5.69 Å². The summed E-state index contributed by atoms with van der Waals surface area (Å²) in [6.07, 6.45) is 1.78. The molecule has 0 unspecified atom stereocenters. The van der Waals surface area contributed by atoms with E-state index in [9.17, 15) is 4.79 Å². The Bertz CT molecular complexity index is 837. The lowest BCUT2D eigenvalue weighted by Crippen LogP contribution is -2.11. The van der Waals surface area contributed by atoms with Gasteiger partial charge in [-0.15, -0.1) is 0 Å². The lowest BCUT2D eigenvalue weighted by molar-refractivity contribution is 0.100. The largest absolute Gasteiger partial charge is 0.497 e. The molecule has 0 saturated heterocycles. The second-order valence-electron chi connectivity index (χ2n) is 4.79. The summed E-state index contributed by atoms with van der Waals surface area (Å²) in [5.74, 6) is 0.229. The summed E-state index contributed by atoms with van der Waals surface area (Å²) < 4.78 is 5.25. The van der Waals surface area contributed by atoms with Gasteiger partial charge >= 0.3 is 0 Å². The van der Waals surface area contributed by atoms with Crippen LogP contribution in [0.3, 0.4) is 0 Å². The molecule has 0 atom stereocenters. The monoisotopic (exact) mass is 281 g/mol. The minimum absolute atomic E-state index is 0.459. The topological polar surface area (TPSA) is 94.1 Å². The lowest BCUT2D eigenvalue weighted by Gasteiger charge is -2.09. The van der Waals surface area contributed by atoms with Crippen molar-refractivity contribution in [3.05, 3.63) is 48.2 Å². The molecule has 1 amide bonds. The molecule has 1 aromatic heterocycles. The summed E-state index contributed by atoms with van der Waals surface area (Å²) >= 11 is 0. The number of carbonyl (C=O) groups excluding carboxylic acids is 1. The predicted molar refractivity (Wildman–Crippen MR) is 83.2 cm³/mol. The van der Waals surface area contributed by atoms with Gasteiger partial charge in [-0.1, -0.05) is 6.07 Å². The van der Waals surface area contributed by atoms with E-state index >= 15 is 0 Å².